The highest BCUT2D eigenvalue weighted by molar-refractivity contribution is 7.89. The zero-order chi connectivity index (χ0) is 15.7. The number of nitrogens with two attached hydrogens (primary N) is 1. The van der Waals surface area contributed by atoms with Gasteiger partial charge in [-0.05, 0) is 36.5 Å². The maximum Gasteiger partial charge on any atom is 0.245 e. The fourth-order valence-electron chi connectivity index (χ4n) is 2.61. The highest BCUT2D eigenvalue weighted by Crippen LogP contribution is 2.36. The minimum atomic E-state index is -3.58. The van der Waals surface area contributed by atoms with Gasteiger partial charge in [0.15, 0.2) is 0 Å². The minimum absolute atomic E-state index is 0.0987. The molecule has 1 aliphatic heterocycles. The van der Waals surface area contributed by atoms with Gasteiger partial charge in [-0.25, -0.2) is 8.42 Å². The van der Waals surface area contributed by atoms with E-state index in [1.54, 1.807) is 0 Å². The van der Waals surface area contributed by atoms with Crippen molar-refractivity contribution < 1.29 is 8.42 Å². The Bertz CT molecular complexity index is 669. The van der Waals surface area contributed by atoms with E-state index in [0.717, 1.165) is 19.3 Å². The lowest BCUT2D eigenvalue weighted by molar-refractivity contribution is 0.169. The molecule has 0 bridgehead atoms. The van der Waals surface area contributed by atoms with E-state index in [4.69, 9.17) is 11.0 Å². The summed E-state index contributed by atoms with van der Waals surface area (Å²) in [6.07, 6.45) is 2.78. The molecule has 0 amide bonds. The number of rotatable bonds is 3. The minimum Gasteiger partial charge on any atom is -0.398 e. The van der Waals surface area contributed by atoms with Crippen molar-refractivity contribution in [1.82, 2.24) is 4.31 Å². The Hall–Kier alpha value is -1.58. The van der Waals surface area contributed by atoms with Gasteiger partial charge >= 0.3 is 0 Å². The third-order valence-electron chi connectivity index (χ3n) is 4.54. The van der Waals surface area contributed by atoms with E-state index in [2.05, 4.69) is 13.8 Å². The van der Waals surface area contributed by atoms with Crippen LogP contribution in [0, 0.1) is 16.7 Å². The summed E-state index contributed by atoms with van der Waals surface area (Å²) in [7, 11) is -3.58. The van der Waals surface area contributed by atoms with Crippen LogP contribution in [0.5, 0.6) is 0 Å². The fraction of sp³-hybridized carbons (Fsp3) is 0.533. The van der Waals surface area contributed by atoms with Crippen LogP contribution >= 0.6 is 0 Å². The zero-order valence-corrected chi connectivity index (χ0v) is 13.3. The summed E-state index contributed by atoms with van der Waals surface area (Å²) in [4.78, 5) is 0.0987. The Balaban J connectivity index is 2.26. The van der Waals surface area contributed by atoms with Crippen molar-refractivity contribution >= 4 is 15.7 Å². The molecule has 5 nitrogen and oxygen atoms in total. The molecule has 0 aromatic heterocycles. The van der Waals surface area contributed by atoms with Crippen molar-refractivity contribution in [2.45, 2.75) is 38.0 Å². The molecule has 0 radical (unpaired) electrons. The van der Waals surface area contributed by atoms with Crippen LogP contribution < -0.4 is 5.73 Å². The van der Waals surface area contributed by atoms with Crippen LogP contribution in [0.3, 0.4) is 0 Å². The maximum absolute atomic E-state index is 12.7. The number of hydrogen-bond donors (Lipinski definition) is 1. The highest BCUT2D eigenvalue weighted by atomic mass is 32.2. The van der Waals surface area contributed by atoms with Crippen molar-refractivity contribution in [3.8, 4) is 6.07 Å². The topological polar surface area (TPSA) is 87.2 Å². The summed E-state index contributed by atoms with van der Waals surface area (Å²) in [5.41, 5.74) is 6.54. The first-order valence-electron chi connectivity index (χ1n) is 7.12. The van der Waals surface area contributed by atoms with Gasteiger partial charge in [0.05, 0.1) is 17.3 Å². The van der Waals surface area contributed by atoms with Crippen molar-refractivity contribution in [2.75, 3.05) is 18.8 Å². The summed E-state index contributed by atoms with van der Waals surface area (Å²) in [6, 6.07) is 6.28. The first-order chi connectivity index (χ1) is 9.82. The molecule has 0 spiro atoms. The zero-order valence-electron chi connectivity index (χ0n) is 12.5. The lowest BCUT2D eigenvalue weighted by atomic mass is 9.79. The predicted octanol–water partition coefficient (Wildman–Crippen LogP) is 2.34. The Morgan fingerprint density at radius 2 is 2.00 bits per heavy atom. The van der Waals surface area contributed by atoms with E-state index >= 15 is 0 Å². The molecule has 6 heteroatoms. The molecule has 0 unspecified atom stereocenters. The molecule has 1 aromatic carbocycles. The highest BCUT2D eigenvalue weighted by Gasteiger charge is 2.35. The third-order valence-corrected chi connectivity index (χ3v) is 6.51. The summed E-state index contributed by atoms with van der Waals surface area (Å²) in [5.74, 6) is 0. The van der Waals surface area contributed by atoms with Crippen LogP contribution in [0.1, 0.15) is 38.7 Å². The number of nitriles is 1. The largest absolute Gasteiger partial charge is 0.398 e. The summed E-state index contributed by atoms with van der Waals surface area (Å²) in [5, 5.41) is 8.82. The van der Waals surface area contributed by atoms with Crippen LogP contribution in [0.4, 0.5) is 5.69 Å². The molecule has 1 saturated heterocycles. The Kier molecular flexibility index (Phi) is 4.26. The second-order valence-corrected chi connectivity index (χ2v) is 7.84. The number of nitrogen functional groups attached to an aromatic ring is 1. The molecular formula is C15H21N3O2S. The Labute approximate surface area is 126 Å². The number of benzene rings is 1. The van der Waals surface area contributed by atoms with Crippen molar-refractivity contribution in [3.05, 3.63) is 23.8 Å². The fourth-order valence-corrected chi connectivity index (χ4v) is 4.15. The molecular weight excluding hydrogens is 286 g/mol. The van der Waals surface area contributed by atoms with E-state index in [-0.39, 0.29) is 16.0 Å². The number of anilines is 1. The predicted molar refractivity (Wildman–Crippen MR) is 82.0 cm³/mol. The SMILES string of the molecule is CCC1(C)CCN(S(=O)(=O)c2ccc(C#N)cc2N)CC1. The van der Waals surface area contributed by atoms with Crippen LogP contribution in [0.25, 0.3) is 0 Å². The van der Waals surface area contributed by atoms with E-state index in [9.17, 15) is 8.42 Å². The Morgan fingerprint density at radius 3 is 2.48 bits per heavy atom. The Morgan fingerprint density at radius 1 is 1.38 bits per heavy atom. The quantitative estimate of drug-likeness (QED) is 0.868. The smallest absolute Gasteiger partial charge is 0.245 e. The normalized spacial score (nSPS) is 19.1. The molecule has 0 aliphatic carbocycles. The second-order valence-electron chi connectivity index (χ2n) is 5.93. The number of hydrogen-bond acceptors (Lipinski definition) is 4. The first kappa shape index (κ1) is 15.8. The van der Waals surface area contributed by atoms with Crippen LogP contribution in [-0.2, 0) is 10.0 Å². The summed E-state index contributed by atoms with van der Waals surface area (Å²) in [6.45, 7) is 5.38. The average Bonchev–Trinajstić information content (AvgIpc) is 2.47. The van der Waals surface area contributed by atoms with Gasteiger partial charge in [0, 0.05) is 13.1 Å². The van der Waals surface area contributed by atoms with Gasteiger partial charge in [-0.3, -0.25) is 0 Å². The van der Waals surface area contributed by atoms with Gasteiger partial charge < -0.3 is 5.73 Å². The lowest BCUT2D eigenvalue weighted by Crippen LogP contribution is -2.42. The molecule has 21 heavy (non-hydrogen) atoms. The van der Waals surface area contributed by atoms with Crippen molar-refractivity contribution in [3.63, 3.8) is 0 Å². The molecule has 0 atom stereocenters. The van der Waals surface area contributed by atoms with Gasteiger partial charge in [0.25, 0.3) is 0 Å². The maximum atomic E-state index is 12.7. The molecule has 0 saturated carbocycles. The van der Waals surface area contributed by atoms with Crippen molar-refractivity contribution in [2.24, 2.45) is 5.41 Å². The van der Waals surface area contributed by atoms with Gasteiger partial charge in [0.2, 0.25) is 10.0 Å². The molecule has 2 N–H and O–H groups in total. The van der Waals surface area contributed by atoms with E-state index in [1.807, 2.05) is 6.07 Å². The summed E-state index contributed by atoms with van der Waals surface area (Å²) < 4.78 is 26.8. The standard InChI is InChI=1S/C15H21N3O2S/c1-3-15(2)6-8-18(9-7-15)21(19,20)14-5-4-12(11-16)10-13(14)17/h4-5,10H,3,6-9,17H2,1-2H3. The van der Waals surface area contributed by atoms with E-state index in [1.165, 1.54) is 22.5 Å². The number of sulfonamides is 1. The molecule has 2 rings (SSSR count). The van der Waals surface area contributed by atoms with Crippen LogP contribution in [0.2, 0.25) is 0 Å². The van der Waals surface area contributed by atoms with Crippen molar-refractivity contribution in [1.29, 1.82) is 5.26 Å². The number of piperidine rings is 1. The molecule has 1 aliphatic rings. The molecule has 1 fully saturated rings. The van der Waals surface area contributed by atoms with Gasteiger partial charge in [-0.15, -0.1) is 0 Å². The van der Waals surface area contributed by atoms with E-state index in [0.29, 0.717) is 18.7 Å². The van der Waals surface area contributed by atoms with Gasteiger partial charge in [0.1, 0.15) is 4.90 Å². The van der Waals surface area contributed by atoms with Gasteiger partial charge in [-0.2, -0.15) is 9.57 Å². The van der Waals surface area contributed by atoms with Crippen LogP contribution in [0.15, 0.2) is 23.1 Å². The average molecular weight is 307 g/mol. The molecule has 1 heterocycles. The van der Waals surface area contributed by atoms with Crippen LogP contribution in [-0.4, -0.2) is 25.8 Å². The molecule has 1 aromatic rings. The lowest BCUT2D eigenvalue weighted by Gasteiger charge is -2.38. The molecule has 114 valence electrons. The van der Waals surface area contributed by atoms with E-state index < -0.39 is 10.0 Å². The summed E-state index contributed by atoms with van der Waals surface area (Å²) >= 11 is 0. The van der Waals surface area contributed by atoms with Gasteiger partial charge in [-0.1, -0.05) is 20.3 Å². The second kappa shape index (κ2) is 5.66. The first-order valence-corrected chi connectivity index (χ1v) is 8.56. The number of nitrogens with zero attached hydrogens (tertiary/aromatic N) is 2. The monoisotopic (exact) mass is 307 g/mol. The third kappa shape index (κ3) is 3.04.